The van der Waals surface area contributed by atoms with Crippen molar-refractivity contribution >= 4 is 20.7 Å². The first-order valence-corrected chi connectivity index (χ1v) is 11.8. The van der Waals surface area contributed by atoms with E-state index in [9.17, 15) is 13.5 Å². The molecule has 0 bridgehead atoms. The van der Waals surface area contributed by atoms with Gasteiger partial charge in [0.05, 0.1) is 24.2 Å². The van der Waals surface area contributed by atoms with Gasteiger partial charge in [-0.2, -0.15) is 0 Å². The van der Waals surface area contributed by atoms with E-state index in [0.717, 1.165) is 29.3 Å². The van der Waals surface area contributed by atoms with Gasteiger partial charge in [-0.25, -0.2) is 13.4 Å². The second kappa shape index (κ2) is 7.92. The van der Waals surface area contributed by atoms with Gasteiger partial charge in [0.2, 0.25) is 5.88 Å². The van der Waals surface area contributed by atoms with E-state index in [2.05, 4.69) is 4.98 Å². The number of sulfone groups is 1. The molecule has 4 rings (SSSR count). The van der Waals surface area contributed by atoms with E-state index in [1.807, 2.05) is 23.9 Å². The largest absolute Gasteiger partial charge is 0.490 e. The van der Waals surface area contributed by atoms with Crippen LogP contribution in [0.15, 0.2) is 41.6 Å². The molecule has 160 valence electrons. The number of ether oxygens (including phenoxy) is 2. The summed E-state index contributed by atoms with van der Waals surface area (Å²) in [6.45, 7) is 0. The van der Waals surface area contributed by atoms with E-state index >= 15 is 0 Å². The van der Waals surface area contributed by atoms with Crippen molar-refractivity contribution in [3.63, 3.8) is 0 Å². The van der Waals surface area contributed by atoms with Crippen LogP contribution in [-0.4, -0.2) is 48.6 Å². The predicted octanol–water partition coefficient (Wildman–Crippen LogP) is 3.33. The fourth-order valence-electron chi connectivity index (χ4n) is 4.08. The monoisotopic (exact) mass is 430 g/mol. The lowest BCUT2D eigenvalue weighted by Crippen LogP contribution is -2.26. The molecule has 0 unspecified atom stereocenters. The quantitative estimate of drug-likeness (QED) is 0.668. The summed E-state index contributed by atoms with van der Waals surface area (Å²) >= 11 is 0. The third-order valence-corrected chi connectivity index (χ3v) is 6.77. The maximum absolute atomic E-state index is 12.2. The Hall–Kier alpha value is -2.58. The summed E-state index contributed by atoms with van der Waals surface area (Å²) in [5, 5.41) is 10.7. The molecular formula is C22H26N2O5S. The lowest BCUT2D eigenvalue weighted by Gasteiger charge is -2.27. The lowest BCUT2D eigenvalue weighted by molar-refractivity contribution is 0.0668. The minimum Gasteiger partial charge on any atom is -0.490 e. The van der Waals surface area contributed by atoms with Gasteiger partial charge in [-0.1, -0.05) is 0 Å². The van der Waals surface area contributed by atoms with Crippen molar-refractivity contribution < 1.29 is 23.0 Å². The highest BCUT2D eigenvalue weighted by Gasteiger charge is 2.24. The fourth-order valence-corrected chi connectivity index (χ4v) is 4.73. The van der Waals surface area contributed by atoms with E-state index in [4.69, 9.17) is 9.47 Å². The Morgan fingerprint density at radius 3 is 2.53 bits per heavy atom. The van der Waals surface area contributed by atoms with Crippen LogP contribution in [0.5, 0.6) is 11.6 Å². The van der Waals surface area contributed by atoms with Crippen molar-refractivity contribution in [2.24, 2.45) is 7.05 Å². The number of hydrogen-bond acceptors (Lipinski definition) is 6. The summed E-state index contributed by atoms with van der Waals surface area (Å²) in [6.07, 6.45) is 7.48. The van der Waals surface area contributed by atoms with Gasteiger partial charge in [-0.3, -0.25) is 0 Å². The van der Waals surface area contributed by atoms with E-state index in [0.29, 0.717) is 30.0 Å². The Balaban J connectivity index is 1.86. The first-order chi connectivity index (χ1) is 14.3. The highest BCUT2D eigenvalue weighted by atomic mass is 32.2. The van der Waals surface area contributed by atoms with Crippen molar-refractivity contribution in [1.82, 2.24) is 9.55 Å². The fraction of sp³-hybridized carbons (Fsp3) is 0.409. The maximum atomic E-state index is 12.2. The normalized spacial score (nSPS) is 19.7. The first-order valence-electron chi connectivity index (χ1n) is 9.95. The van der Waals surface area contributed by atoms with Crippen LogP contribution in [0.3, 0.4) is 0 Å². The zero-order valence-electron chi connectivity index (χ0n) is 17.3. The third-order valence-electron chi connectivity index (χ3n) is 5.66. The Morgan fingerprint density at radius 2 is 1.87 bits per heavy atom. The van der Waals surface area contributed by atoms with Gasteiger partial charge in [0.1, 0.15) is 11.3 Å². The number of methoxy groups -OCH3 is 1. The van der Waals surface area contributed by atoms with Crippen LogP contribution in [0.1, 0.15) is 25.7 Å². The average molecular weight is 431 g/mol. The summed E-state index contributed by atoms with van der Waals surface area (Å²) in [5.41, 5.74) is 2.39. The van der Waals surface area contributed by atoms with Crippen molar-refractivity contribution in [2.45, 2.75) is 42.8 Å². The molecule has 2 heterocycles. The average Bonchev–Trinajstić information content (AvgIpc) is 3.06. The summed E-state index contributed by atoms with van der Waals surface area (Å²) in [7, 11) is 0.0943. The van der Waals surface area contributed by atoms with Gasteiger partial charge in [0, 0.05) is 42.2 Å². The van der Waals surface area contributed by atoms with Gasteiger partial charge in [0.15, 0.2) is 9.84 Å². The van der Waals surface area contributed by atoms with Crippen LogP contribution in [0.2, 0.25) is 0 Å². The molecule has 0 aliphatic heterocycles. The van der Waals surface area contributed by atoms with Crippen LogP contribution in [-0.2, 0) is 16.9 Å². The van der Waals surface area contributed by atoms with Crippen molar-refractivity contribution in [3.8, 4) is 22.8 Å². The zero-order chi connectivity index (χ0) is 21.5. The smallest absolute Gasteiger partial charge is 0.238 e. The van der Waals surface area contributed by atoms with Gasteiger partial charge < -0.3 is 19.1 Å². The number of hydrogen-bond donors (Lipinski definition) is 1. The molecule has 0 radical (unpaired) electrons. The SMILES string of the molecule is COc1nccc2c(-c3cc(S(C)(=O)=O)ccc3OC3CCC(O)CC3)cn(C)c12. The number of aryl methyl sites for hydroxylation is 1. The molecule has 1 saturated carbocycles. The number of fused-ring (bicyclic) bond motifs is 1. The number of aliphatic hydroxyl groups excluding tert-OH is 1. The summed E-state index contributed by atoms with van der Waals surface area (Å²) in [5.74, 6) is 1.14. The molecule has 0 atom stereocenters. The van der Waals surface area contributed by atoms with Crippen molar-refractivity contribution in [2.75, 3.05) is 13.4 Å². The van der Waals surface area contributed by atoms with Crippen LogP contribution in [0.25, 0.3) is 22.0 Å². The van der Waals surface area contributed by atoms with Gasteiger partial charge in [-0.05, 0) is 49.9 Å². The van der Waals surface area contributed by atoms with E-state index in [1.54, 1.807) is 31.5 Å². The third kappa shape index (κ3) is 3.89. The van der Waals surface area contributed by atoms with Crippen molar-refractivity contribution in [3.05, 3.63) is 36.7 Å². The molecule has 7 nitrogen and oxygen atoms in total. The molecule has 1 aromatic carbocycles. The molecule has 2 aromatic heterocycles. The molecule has 1 aliphatic rings. The Bertz CT molecular complexity index is 1180. The molecular weight excluding hydrogens is 404 g/mol. The van der Waals surface area contributed by atoms with E-state index in [-0.39, 0.29) is 17.1 Å². The number of pyridine rings is 1. The Kier molecular flexibility index (Phi) is 5.46. The number of aromatic nitrogens is 2. The molecule has 1 fully saturated rings. The molecule has 8 heteroatoms. The number of benzene rings is 1. The van der Waals surface area contributed by atoms with Crippen molar-refractivity contribution in [1.29, 1.82) is 0 Å². The van der Waals surface area contributed by atoms with Crippen LogP contribution in [0.4, 0.5) is 0 Å². The summed E-state index contributed by atoms with van der Waals surface area (Å²) < 4.78 is 38.1. The second-order valence-corrected chi connectivity index (χ2v) is 9.86. The minimum absolute atomic E-state index is 0.0117. The summed E-state index contributed by atoms with van der Waals surface area (Å²) in [6, 6.07) is 6.87. The first kappa shape index (κ1) is 20.7. The van der Waals surface area contributed by atoms with Crippen LogP contribution in [0, 0.1) is 0 Å². The molecule has 0 amide bonds. The predicted molar refractivity (Wildman–Crippen MR) is 115 cm³/mol. The van der Waals surface area contributed by atoms with Crippen LogP contribution < -0.4 is 9.47 Å². The topological polar surface area (TPSA) is 90.7 Å². The van der Waals surface area contributed by atoms with Gasteiger partial charge in [-0.15, -0.1) is 0 Å². The van der Waals surface area contributed by atoms with Crippen LogP contribution >= 0.6 is 0 Å². The number of nitrogens with zero attached hydrogens (tertiary/aromatic N) is 2. The minimum atomic E-state index is -3.38. The molecule has 0 spiro atoms. The second-order valence-electron chi connectivity index (χ2n) is 7.85. The Morgan fingerprint density at radius 1 is 1.13 bits per heavy atom. The maximum Gasteiger partial charge on any atom is 0.238 e. The van der Waals surface area contributed by atoms with E-state index in [1.165, 1.54) is 6.26 Å². The molecule has 1 N–H and O–H groups in total. The standard InChI is InChI=1S/C22H26N2O5S/c1-24-13-19(17-10-11-23-22(28-2)21(17)24)18-12-16(30(3,26)27)8-9-20(18)29-15-6-4-14(25)5-7-15/h8-15,25H,4-7H2,1-3H3. The highest BCUT2D eigenvalue weighted by Crippen LogP contribution is 2.40. The lowest BCUT2D eigenvalue weighted by atomic mass is 9.95. The zero-order valence-corrected chi connectivity index (χ0v) is 18.1. The van der Waals surface area contributed by atoms with Gasteiger partial charge >= 0.3 is 0 Å². The number of rotatable bonds is 5. The highest BCUT2D eigenvalue weighted by molar-refractivity contribution is 7.90. The molecule has 1 aliphatic carbocycles. The molecule has 0 saturated heterocycles. The van der Waals surface area contributed by atoms with E-state index < -0.39 is 9.84 Å². The molecule has 3 aromatic rings. The van der Waals surface area contributed by atoms with Gasteiger partial charge in [0.25, 0.3) is 0 Å². The Labute approximate surface area is 176 Å². The molecule has 30 heavy (non-hydrogen) atoms. The summed E-state index contributed by atoms with van der Waals surface area (Å²) in [4.78, 5) is 4.52. The number of aliphatic hydroxyl groups is 1.